The lowest BCUT2D eigenvalue weighted by molar-refractivity contribution is 0.132. The van der Waals surface area contributed by atoms with Gasteiger partial charge in [-0.3, -0.25) is 0 Å². The summed E-state index contributed by atoms with van der Waals surface area (Å²) < 4.78 is 19.7. The smallest absolute Gasteiger partial charge is 0.319 e. The van der Waals surface area contributed by atoms with Crippen molar-refractivity contribution >= 4 is 28.7 Å². The average Bonchev–Trinajstić information content (AvgIpc) is 2.74. The van der Waals surface area contributed by atoms with E-state index >= 15 is 0 Å². The molecule has 34 heavy (non-hydrogen) atoms. The van der Waals surface area contributed by atoms with E-state index in [1.165, 1.54) is 6.07 Å². The van der Waals surface area contributed by atoms with Gasteiger partial charge in [-0.25, -0.2) is 19.2 Å². The van der Waals surface area contributed by atoms with Crippen LogP contribution < -0.4 is 16.0 Å². The summed E-state index contributed by atoms with van der Waals surface area (Å²) in [6.45, 7) is 9.19. The largest absolute Gasteiger partial charge is 0.383 e. The third-order valence-electron chi connectivity index (χ3n) is 6.13. The molecule has 1 fully saturated rings. The van der Waals surface area contributed by atoms with Gasteiger partial charge in [0.1, 0.15) is 5.82 Å². The molecule has 2 heterocycles. The molecule has 4 rings (SSSR count). The van der Waals surface area contributed by atoms with Crippen molar-refractivity contribution in [1.29, 1.82) is 0 Å². The van der Waals surface area contributed by atoms with Crippen LogP contribution in [0.1, 0.15) is 37.9 Å². The fourth-order valence-corrected chi connectivity index (χ4v) is 4.45. The zero-order chi connectivity index (χ0) is 24.5. The van der Waals surface area contributed by atoms with E-state index in [9.17, 15) is 9.18 Å². The van der Waals surface area contributed by atoms with Gasteiger partial charge in [0.25, 0.3) is 0 Å². The first-order chi connectivity index (χ1) is 16.1. The lowest BCUT2D eigenvalue weighted by atomic mass is 9.68. The summed E-state index contributed by atoms with van der Waals surface area (Å²) in [7, 11) is 1.63. The number of aryl methyl sites for hydroxylation is 2. The van der Waals surface area contributed by atoms with Crippen LogP contribution in [-0.2, 0) is 4.74 Å². The Labute approximate surface area is 198 Å². The molecular formula is C25H31FN6O2. The number of nitrogens with zero attached hydrogens (tertiary/aromatic N) is 3. The number of anilines is 2. The highest BCUT2D eigenvalue weighted by Crippen LogP contribution is 2.40. The lowest BCUT2D eigenvalue weighted by Gasteiger charge is -2.42. The summed E-state index contributed by atoms with van der Waals surface area (Å²) in [6, 6.07) is 4.75. The minimum Gasteiger partial charge on any atom is -0.383 e. The van der Waals surface area contributed by atoms with Crippen LogP contribution in [0.25, 0.3) is 22.2 Å². The van der Waals surface area contributed by atoms with Crippen molar-refractivity contribution in [3.63, 3.8) is 0 Å². The summed E-state index contributed by atoms with van der Waals surface area (Å²) in [5.41, 5.74) is 4.05. The van der Waals surface area contributed by atoms with Gasteiger partial charge in [0.05, 0.1) is 12.3 Å². The van der Waals surface area contributed by atoms with Gasteiger partial charge < -0.3 is 20.7 Å². The van der Waals surface area contributed by atoms with Gasteiger partial charge in [0.2, 0.25) is 5.95 Å². The maximum Gasteiger partial charge on any atom is 0.319 e. The standard InChI is InChI=1S/C25H31FN6O2/c1-14-8-20(26)21(31-24(33)30-17-11-25(3,4)12-17)10-18(14)19-9-16-13-28-23(27-6-7-34-5)32-22(16)29-15(19)2/h8-10,13,17H,6-7,11-12H2,1-5H3,(H2,30,31,33)(H,27,28,29,32). The van der Waals surface area contributed by atoms with Crippen molar-refractivity contribution in [1.82, 2.24) is 20.3 Å². The second-order valence-corrected chi connectivity index (χ2v) is 9.66. The van der Waals surface area contributed by atoms with Gasteiger partial charge >= 0.3 is 6.03 Å². The van der Waals surface area contributed by atoms with Gasteiger partial charge in [0, 0.05) is 42.5 Å². The van der Waals surface area contributed by atoms with Crippen LogP contribution in [0.15, 0.2) is 24.4 Å². The van der Waals surface area contributed by atoms with Crippen LogP contribution in [0.2, 0.25) is 0 Å². The van der Waals surface area contributed by atoms with Gasteiger partial charge in [-0.05, 0) is 61.4 Å². The van der Waals surface area contributed by atoms with Crippen molar-refractivity contribution in [3.8, 4) is 11.1 Å². The van der Waals surface area contributed by atoms with Gasteiger partial charge in [-0.1, -0.05) is 13.8 Å². The average molecular weight is 467 g/mol. The fourth-order valence-electron chi connectivity index (χ4n) is 4.45. The van der Waals surface area contributed by atoms with E-state index in [0.717, 1.165) is 40.6 Å². The molecule has 180 valence electrons. The topological polar surface area (TPSA) is 101 Å². The van der Waals surface area contributed by atoms with Gasteiger partial charge in [-0.15, -0.1) is 0 Å². The zero-order valence-electron chi connectivity index (χ0n) is 20.3. The highest BCUT2D eigenvalue weighted by molar-refractivity contribution is 5.91. The number of methoxy groups -OCH3 is 1. The molecule has 1 saturated carbocycles. The monoisotopic (exact) mass is 466 g/mol. The molecule has 0 bridgehead atoms. The van der Waals surface area contributed by atoms with Gasteiger partial charge in [0.15, 0.2) is 5.65 Å². The molecule has 1 aromatic carbocycles. The van der Waals surface area contributed by atoms with Crippen LogP contribution in [0, 0.1) is 25.1 Å². The summed E-state index contributed by atoms with van der Waals surface area (Å²) >= 11 is 0. The minimum absolute atomic E-state index is 0.115. The molecule has 0 spiro atoms. The summed E-state index contributed by atoms with van der Waals surface area (Å²) in [5, 5.41) is 9.46. The molecule has 0 aliphatic heterocycles. The van der Waals surface area contributed by atoms with Crippen LogP contribution in [0.4, 0.5) is 20.8 Å². The number of carbonyl (C=O) groups excluding carboxylic acids is 1. The summed E-state index contributed by atoms with van der Waals surface area (Å²) in [5.74, 6) is 0.00126. The lowest BCUT2D eigenvalue weighted by Crippen LogP contribution is -2.49. The highest BCUT2D eigenvalue weighted by Gasteiger charge is 2.36. The fraction of sp³-hybridized carbons (Fsp3) is 0.440. The minimum atomic E-state index is -0.480. The number of hydrogen-bond donors (Lipinski definition) is 3. The molecule has 1 aliphatic rings. The molecule has 1 aliphatic carbocycles. The predicted molar refractivity (Wildman–Crippen MR) is 132 cm³/mol. The first kappa shape index (κ1) is 23.8. The van der Waals surface area contributed by atoms with E-state index in [2.05, 4.69) is 44.7 Å². The Bertz CT molecular complexity index is 1220. The van der Waals surface area contributed by atoms with Crippen molar-refractivity contribution < 1.29 is 13.9 Å². The quantitative estimate of drug-likeness (QED) is 0.432. The number of aromatic nitrogens is 3. The molecule has 0 unspecified atom stereocenters. The van der Waals surface area contributed by atoms with Gasteiger partial charge in [-0.2, -0.15) is 4.98 Å². The number of pyridine rings is 1. The number of ether oxygens (including phenoxy) is 1. The van der Waals surface area contributed by atoms with E-state index in [0.29, 0.717) is 24.7 Å². The van der Waals surface area contributed by atoms with E-state index in [-0.39, 0.29) is 17.1 Å². The Kier molecular flexibility index (Phi) is 6.65. The third-order valence-corrected chi connectivity index (χ3v) is 6.13. The number of carbonyl (C=O) groups is 1. The Morgan fingerprint density at radius 3 is 2.65 bits per heavy atom. The van der Waals surface area contributed by atoms with Crippen LogP contribution in [-0.4, -0.2) is 47.3 Å². The van der Waals surface area contributed by atoms with Crippen molar-refractivity contribution in [2.75, 3.05) is 30.9 Å². The molecule has 0 saturated heterocycles. The number of fused-ring (bicyclic) bond motifs is 1. The molecule has 2 aromatic heterocycles. The second kappa shape index (κ2) is 9.50. The molecule has 0 radical (unpaired) electrons. The Morgan fingerprint density at radius 2 is 1.94 bits per heavy atom. The van der Waals surface area contributed by atoms with Crippen molar-refractivity contribution in [3.05, 3.63) is 41.5 Å². The highest BCUT2D eigenvalue weighted by atomic mass is 19.1. The van der Waals surface area contributed by atoms with Crippen LogP contribution in [0.3, 0.4) is 0 Å². The molecular weight excluding hydrogens is 435 g/mol. The number of urea groups is 1. The first-order valence-electron chi connectivity index (χ1n) is 11.4. The molecule has 9 heteroatoms. The number of nitrogens with one attached hydrogen (secondary N) is 3. The molecule has 3 aromatic rings. The Hall–Kier alpha value is -3.33. The Balaban J connectivity index is 1.58. The Morgan fingerprint density at radius 1 is 1.18 bits per heavy atom. The molecule has 3 N–H and O–H groups in total. The van der Waals surface area contributed by atoms with Crippen molar-refractivity contribution in [2.24, 2.45) is 5.41 Å². The third kappa shape index (κ3) is 5.25. The van der Waals surface area contributed by atoms with E-state index < -0.39 is 11.8 Å². The normalized spacial score (nSPS) is 15.1. The summed E-state index contributed by atoms with van der Waals surface area (Å²) in [4.78, 5) is 25.9. The van der Waals surface area contributed by atoms with E-state index in [1.54, 1.807) is 19.4 Å². The molecule has 0 atom stereocenters. The number of halogens is 1. The molecule has 8 nitrogen and oxygen atoms in total. The predicted octanol–water partition coefficient (Wildman–Crippen LogP) is 4.82. The van der Waals surface area contributed by atoms with Crippen LogP contribution >= 0.6 is 0 Å². The maximum atomic E-state index is 14.7. The number of hydrogen-bond acceptors (Lipinski definition) is 6. The summed E-state index contributed by atoms with van der Waals surface area (Å²) in [6.07, 6.45) is 3.53. The SMILES string of the molecule is COCCNc1ncc2cc(-c3cc(NC(=O)NC4CC(C)(C)C4)c(F)cc3C)c(C)nc2n1. The number of rotatable bonds is 7. The number of benzene rings is 1. The van der Waals surface area contributed by atoms with E-state index in [1.807, 2.05) is 19.9 Å². The second-order valence-electron chi connectivity index (χ2n) is 9.66. The first-order valence-corrected chi connectivity index (χ1v) is 11.4. The van der Waals surface area contributed by atoms with E-state index in [4.69, 9.17) is 4.74 Å². The molecule has 2 amide bonds. The van der Waals surface area contributed by atoms with Crippen molar-refractivity contribution in [2.45, 2.75) is 46.6 Å². The number of amides is 2. The zero-order valence-corrected chi connectivity index (χ0v) is 20.3. The maximum absolute atomic E-state index is 14.7. The van der Waals surface area contributed by atoms with Crippen LogP contribution in [0.5, 0.6) is 0 Å².